The average Bonchev–Trinajstić information content (AvgIpc) is 2.68. The fourth-order valence-electron chi connectivity index (χ4n) is 2.49. The third kappa shape index (κ3) is 2.35. The van der Waals surface area contributed by atoms with Gasteiger partial charge >= 0.3 is 0 Å². The number of nitrogens with zero attached hydrogens (tertiary/aromatic N) is 2. The van der Waals surface area contributed by atoms with Gasteiger partial charge in [-0.15, -0.1) is 0 Å². The number of benzene rings is 1. The molecule has 0 amide bonds. The first-order valence-corrected chi connectivity index (χ1v) is 6.43. The van der Waals surface area contributed by atoms with E-state index in [2.05, 4.69) is 4.99 Å². The fraction of sp³-hybridized carbons (Fsp3) is 0.500. The van der Waals surface area contributed by atoms with E-state index in [0.29, 0.717) is 25.7 Å². The summed E-state index contributed by atoms with van der Waals surface area (Å²) in [5.41, 5.74) is 5.61. The molecule has 1 aromatic rings. The molecule has 4 nitrogen and oxygen atoms in total. The Bertz CT molecular complexity index is 547. The molecule has 0 saturated carbocycles. The van der Waals surface area contributed by atoms with Crippen LogP contribution in [0.1, 0.15) is 18.1 Å². The summed E-state index contributed by atoms with van der Waals surface area (Å²) in [7, 11) is 1.58. The van der Waals surface area contributed by atoms with Crippen LogP contribution in [-0.2, 0) is 10.3 Å². The van der Waals surface area contributed by atoms with Crippen molar-refractivity contribution in [3.05, 3.63) is 34.9 Å². The Morgan fingerprint density at radius 1 is 1.40 bits per heavy atom. The number of aryl methyl sites for hydroxylation is 1. The zero-order valence-electron chi connectivity index (χ0n) is 11.9. The Kier molecular flexibility index (Phi) is 3.94. The topological polar surface area (TPSA) is 50.9 Å². The summed E-state index contributed by atoms with van der Waals surface area (Å²) in [5.74, 6) is -0.552. The van der Waals surface area contributed by atoms with Crippen molar-refractivity contribution in [2.45, 2.75) is 19.4 Å². The van der Waals surface area contributed by atoms with E-state index in [0.717, 1.165) is 0 Å². The van der Waals surface area contributed by atoms with Crippen molar-refractivity contribution >= 4 is 5.96 Å². The zero-order chi connectivity index (χ0) is 14.9. The number of nitrogens with two attached hydrogens (primary N) is 1. The molecule has 1 unspecified atom stereocenters. The van der Waals surface area contributed by atoms with E-state index in [-0.39, 0.29) is 11.1 Å². The number of hydrogen-bond donors (Lipinski definition) is 1. The standard InChI is InChI=1S/C14H19F2N3O/c1-9-6-12(16)10(7-11(9)15)14(2)8-18-13(17)19(14)4-5-20-3/h6-7H,4-5,8H2,1-3H3,(H2,17,18). The molecule has 20 heavy (non-hydrogen) atoms. The van der Waals surface area contributed by atoms with Gasteiger partial charge in [0.2, 0.25) is 0 Å². The quantitative estimate of drug-likeness (QED) is 0.916. The van der Waals surface area contributed by atoms with Crippen LogP contribution in [0.25, 0.3) is 0 Å². The number of rotatable bonds is 4. The van der Waals surface area contributed by atoms with Crippen LogP contribution in [0.5, 0.6) is 0 Å². The van der Waals surface area contributed by atoms with Crippen molar-refractivity contribution in [1.82, 2.24) is 4.90 Å². The molecular formula is C14H19F2N3O. The molecular weight excluding hydrogens is 264 g/mol. The van der Waals surface area contributed by atoms with Crippen LogP contribution in [-0.4, -0.2) is 37.7 Å². The number of aliphatic imine (C=N–C) groups is 1. The van der Waals surface area contributed by atoms with E-state index in [1.165, 1.54) is 19.1 Å². The van der Waals surface area contributed by atoms with Crippen molar-refractivity contribution in [3.63, 3.8) is 0 Å². The van der Waals surface area contributed by atoms with Gasteiger partial charge in [-0.1, -0.05) is 0 Å². The summed E-state index contributed by atoms with van der Waals surface area (Å²) >= 11 is 0. The molecule has 1 atom stereocenters. The molecule has 1 aliphatic rings. The van der Waals surface area contributed by atoms with Crippen LogP contribution < -0.4 is 5.73 Å². The normalized spacial score (nSPS) is 22.2. The first-order valence-electron chi connectivity index (χ1n) is 6.43. The minimum atomic E-state index is -0.790. The van der Waals surface area contributed by atoms with Gasteiger partial charge < -0.3 is 15.4 Å². The maximum Gasteiger partial charge on any atom is 0.192 e. The molecule has 6 heteroatoms. The Labute approximate surface area is 117 Å². The first-order chi connectivity index (χ1) is 9.40. The number of methoxy groups -OCH3 is 1. The van der Waals surface area contributed by atoms with Crippen LogP contribution in [0.2, 0.25) is 0 Å². The lowest BCUT2D eigenvalue weighted by atomic mass is 9.89. The Morgan fingerprint density at radius 3 is 2.75 bits per heavy atom. The second-order valence-electron chi connectivity index (χ2n) is 5.17. The second kappa shape index (κ2) is 5.36. The molecule has 0 saturated heterocycles. The molecule has 2 N–H and O–H groups in total. The smallest absolute Gasteiger partial charge is 0.192 e. The summed E-state index contributed by atoms with van der Waals surface area (Å²) < 4.78 is 33.0. The summed E-state index contributed by atoms with van der Waals surface area (Å²) in [6, 6.07) is 2.44. The highest BCUT2D eigenvalue weighted by molar-refractivity contribution is 5.81. The lowest BCUT2D eigenvalue weighted by Crippen LogP contribution is -2.49. The predicted molar refractivity (Wildman–Crippen MR) is 73.5 cm³/mol. The third-order valence-electron chi connectivity index (χ3n) is 3.77. The summed E-state index contributed by atoms with van der Waals surface area (Å²) in [4.78, 5) is 5.92. The number of hydrogen-bond acceptors (Lipinski definition) is 4. The van der Waals surface area contributed by atoms with E-state index >= 15 is 0 Å². The summed E-state index contributed by atoms with van der Waals surface area (Å²) in [6.07, 6.45) is 0. The van der Waals surface area contributed by atoms with Crippen LogP contribution in [0, 0.1) is 18.6 Å². The Hall–Kier alpha value is -1.69. The molecule has 1 aromatic carbocycles. The molecule has 0 radical (unpaired) electrons. The van der Waals surface area contributed by atoms with Gasteiger partial charge in [-0.3, -0.25) is 4.99 Å². The Balaban J connectivity index is 2.41. The van der Waals surface area contributed by atoms with Gasteiger partial charge in [0.25, 0.3) is 0 Å². The van der Waals surface area contributed by atoms with E-state index < -0.39 is 17.2 Å². The fourth-order valence-corrected chi connectivity index (χ4v) is 2.49. The predicted octanol–water partition coefficient (Wildman–Crippen LogP) is 1.77. The second-order valence-corrected chi connectivity index (χ2v) is 5.17. The van der Waals surface area contributed by atoms with Crippen molar-refractivity contribution < 1.29 is 13.5 Å². The largest absolute Gasteiger partial charge is 0.383 e. The molecule has 0 aromatic heterocycles. The van der Waals surface area contributed by atoms with E-state index in [1.807, 2.05) is 0 Å². The zero-order valence-corrected chi connectivity index (χ0v) is 11.9. The SMILES string of the molecule is COCCN1C(N)=NCC1(C)c1cc(F)c(C)cc1F. The highest BCUT2D eigenvalue weighted by Crippen LogP contribution is 2.35. The first kappa shape index (κ1) is 14.7. The molecule has 1 heterocycles. The maximum absolute atomic E-state index is 14.2. The number of ether oxygens (including phenoxy) is 1. The van der Waals surface area contributed by atoms with Crippen LogP contribution >= 0.6 is 0 Å². The van der Waals surface area contributed by atoms with Gasteiger partial charge in [0, 0.05) is 19.2 Å². The Morgan fingerprint density at radius 2 is 2.10 bits per heavy atom. The molecule has 2 rings (SSSR count). The average molecular weight is 283 g/mol. The molecule has 0 fully saturated rings. The van der Waals surface area contributed by atoms with Crippen molar-refractivity contribution in [3.8, 4) is 0 Å². The molecule has 0 spiro atoms. The number of halogens is 2. The highest BCUT2D eigenvalue weighted by Gasteiger charge is 2.41. The van der Waals surface area contributed by atoms with Gasteiger partial charge in [0.05, 0.1) is 18.7 Å². The molecule has 110 valence electrons. The van der Waals surface area contributed by atoms with Gasteiger partial charge in [-0.05, 0) is 31.5 Å². The van der Waals surface area contributed by atoms with Gasteiger partial charge in [-0.25, -0.2) is 8.78 Å². The number of guanidine groups is 1. The minimum absolute atomic E-state index is 0.265. The maximum atomic E-state index is 14.2. The van der Waals surface area contributed by atoms with E-state index in [4.69, 9.17) is 10.5 Å². The van der Waals surface area contributed by atoms with Gasteiger partial charge in [0.15, 0.2) is 5.96 Å². The van der Waals surface area contributed by atoms with E-state index in [1.54, 1.807) is 18.9 Å². The lowest BCUT2D eigenvalue weighted by Gasteiger charge is -2.36. The van der Waals surface area contributed by atoms with Crippen molar-refractivity contribution in [2.75, 3.05) is 26.8 Å². The highest BCUT2D eigenvalue weighted by atomic mass is 19.1. The third-order valence-corrected chi connectivity index (χ3v) is 3.77. The lowest BCUT2D eigenvalue weighted by molar-refractivity contribution is 0.135. The van der Waals surface area contributed by atoms with Gasteiger partial charge in [0.1, 0.15) is 11.6 Å². The van der Waals surface area contributed by atoms with Crippen LogP contribution in [0.15, 0.2) is 17.1 Å². The molecule has 0 aliphatic carbocycles. The minimum Gasteiger partial charge on any atom is -0.383 e. The van der Waals surface area contributed by atoms with Crippen molar-refractivity contribution in [1.29, 1.82) is 0 Å². The van der Waals surface area contributed by atoms with Crippen LogP contribution in [0.3, 0.4) is 0 Å². The molecule has 0 bridgehead atoms. The monoisotopic (exact) mass is 283 g/mol. The summed E-state index contributed by atoms with van der Waals surface area (Å²) in [6.45, 7) is 4.53. The summed E-state index contributed by atoms with van der Waals surface area (Å²) in [5, 5.41) is 0. The van der Waals surface area contributed by atoms with Gasteiger partial charge in [-0.2, -0.15) is 0 Å². The van der Waals surface area contributed by atoms with E-state index in [9.17, 15) is 8.78 Å². The van der Waals surface area contributed by atoms with Crippen LogP contribution in [0.4, 0.5) is 8.78 Å². The molecule has 1 aliphatic heterocycles. The van der Waals surface area contributed by atoms with Crippen molar-refractivity contribution in [2.24, 2.45) is 10.7 Å².